The normalized spacial score (nSPS) is 19.3. The topological polar surface area (TPSA) is 48.3 Å². The van der Waals surface area contributed by atoms with Crippen molar-refractivity contribution in [1.29, 1.82) is 0 Å². The average Bonchev–Trinajstić information content (AvgIpc) is 3.60. The maximum absolute atomic E-state index is 13.4. The van der Waals surface area contributed by atoms with E-state index in [1.54, 1.807) is 0 Å². The molecule has 1 radical (unpaired) electrons. The summed E-state index contributed by atoms with van der Waals surface area (Å²) in [5, 5.41) is 3.48. The molecule has 1 fully saturated rings. The number of halogens is 3. The SMILES string of the molecule is Cc1c(CNc2ccc3c(c2)O[C@H](C)[CH]3)cccc1-n1c(C2CCCO2)nc2cc(C(F)(F)F)ccc21. The molecule has 0 amide bonds. The molecule has 1 N–H and O–H groups in total. The van der Waals surface area contributed by atoms with Crippen LogP contribution in [0.1, 0.15) is 53.9 Å². The van der Waals surface area contributed by atoms with E-state index in [2.05, 4.69) is 22.8 Å². The van der Waals surface area contributed by atoms with Crippen LogP contribution in [0.25, 0.3) is 16.7 Å². The summed E-state index contributed by atoms with van der Waals surface area (Å²) in [6.07, 6.45) is -0.848. The number of ether oxygens (including phenoxy) is 2. The van der Waals surface area contributed by atoms with Gasteiger partial charge in [-0.25, -0.2) is 4.98 Å². The fourth-order valence-corrected chi connectivity index (χ4v) is 5.20. The van der Waals surface area contributed by atoms with Crippen LogP contribution in [0.5, 0.6) is 5.75 Å². The summed E-state index contributed by atoms with van der Waals surface area (Å²) >= 11 is 0. The molecule has 3 aromatic carbocycles. The summed E-state index contributed by atoms with van der Waals surface area (Å²) in [5.74, 6) is 1.51. The zero-order valence-corrected chi connectivity index (χ0v) is 20.6. The fraction of sp³-hybridized carbons (Fsp3) is 0.310. The van der Waals surface area contributed by atoms with Crippen molar-refractivity contribution < 1.29 is 22.6 Å². The molecule has 1 saturated heterocycles. The maximum Gasteiger partial charge on any atom is 0.416 e. The highest BCUT2D eigenvalue weighted by Gasteiger charge is 2.32. The highest BCUT2D eigenvalue weighted by molar-refractivity contribution is 5.80. The van der Waals surface area contributed by atoms with Crippen LogP contribution < -0.4 is 10.1 Å². The van der Waals surface area contributed by atoms with E-state index < -0.39 is 11.7 Å². The second-order valence-corrected chi connectivity index (χ2v) is 9.67. The number of benzene rings is 3. The third kappa shape index (κ3) is 4.44. The largest absolute Gasteiger partial charge is 0.490 e. The second-order valence-electron chi connectivity index (χ2n) is 9.67. The van der Waals surface area contributed by atoms with E-state index in [0.717, 1.165) is 58.8 Å². The van der Waals surface area contributed by atoms with Crippen molar-refractivity contribution in [3.8, 4) is 11.4 Å². The Labute approximate surface area is 213 Å². The minimum atomic E-state index is -4.43. The molecule has 2 aliphatic heterocycles. The number of nitrogens with one attached hydrogen (secondary N) is 1. The molecule has 6 rings (SSSR count). The van der Waals surface area contributed by atoms with Crippen molar-refractivity contribution in [2.75, 3.05) is 11.9 Å². The zero-order valence-electron chi connectivity index (χ0n) is 20.6. The fourth-order valence-electron chi connectivity index (χ4n) is 5.20. The lowest BCUT2D eigenvalue weighted by atomic mass is 10.1. The van der Waals surface area contributed by atoms with Gasteiger partial charge in [-0.2, -0.15) is 13.2 Å². The Morgan fingerprint density at radius 1 is 1.11 bits per heavy atom. The van der Waals surface area contributed by atoms with Crippen molar-refractivity contribution in [2.45, 2.75) is 51.6 Å². The third-order valence-corrected chi connectivity index (χ3v) is 7.11. The van der Waals surface area contributed by atoms with Crippen LogP contribution in [0.3, 0.4) is 0 Å². The highest BCUT2D eigenvalue weighted by atomic mass is 19.4. The lowest BCUT2D eigenvalue weighted by Crippen LogP contribution is -2.10. The smallest absolute Gasteiger partial charge is 0.416 e. The first-order chi connectivity index (χ1) is 17.8. The Morgan fingerprint density at radius 3 is 2.76 bits per heavy atom. The van der Waals surface area contributed by atoms with Gasteiger partial charge in [-0.3, -0.25) is 4.57 Å². The minimum Gasteiger partial charge on any atom is -0.490 e. The van der Waals surface area contributed by atoms with E-state index >= 15 is 0 Å². The van der Waals surface area contributed by atoms with Gasteiger partial charge in [-0.05, 0) is 68.1 Å². The summed E-state index contributed by atoms with van der Waals surface area (Å²) in [6.45, 7) is 5.24. The van der Waals surface area contributed by atoms with Crippen LogP contribution in [0, 0.1) is 13.3 Å². The number of nitrogens with zero attached hydrogens (tertiary/aromatic N) is 2. The van der Waals surface area contributed by atoms with Gasteiger partial charge < -0.3 is 14.8 Å². The van der Waals surface area contributed by atoms with Crippen molar-refractivity contribution >= 4 is 16.7 Å². The summed E-state index contributed by atoms with van der Waals surface area (Å²) in [5.41, 5.74) is 5.27. The van der Waals surface area contributed by atoms with E-state index in [9.17, 15) is 13.2 Å². The zero-order chi connectivity index (χ0) is 25.7. The lowest BCUT2D eigenvalue weighted by Gasteiger charge is -2.18. The molecule has 37 heavy (non-hydrogen) atoms. The number of imidazole rings is 1. The van der Waals surface area contributed by atoms with E-state index in [0.29, 0.717) is 30.0 Å². The Kier molecular flexibility index (Phi) is 5.87. The monoisotopic (exact) mass is 506 g/mol. The number of anilines is 1. The predicted octanol–water partition coefficient (Wildman–Crippen LogP) is 7.15. The Morgan fingerprint density at radius 2 is 1.97 bits per heavy atom. The van der Waals surface area contributed by atoms with Crippen LogP contribution in [0.2, 0.25) is 0 Å². The molecule has 0 aliphatic carbocycles. The van der Waals surface area contributed by atoms with E-state index in [1.807, 2.05) is 48.7 Å². The quantitative estimate of drug-likeness (QED) is 0.312. The van der Waals surface area contributed by atoms with Crippen LogP contribution in [0.4, 0.5) is 18.9 Å². The van der Waals surface area contributed by atoms with Gasteiger partial charge in [0.2, 0.25) is 0 Å². The maximum atomic E-state index is 13.4. The van der Waals surface area contributed by atoms with E-state index in [-0.39, 0.29) is 12.2 Å². The van der Waals surface area contributed by atoms with Gasteiger partial charge in [-0.15, -0.1) is 0 Å². The summed E-state index contributed by atoms with van der Waals surface area (Å²) in [7, 11) is 0. The first-order valence-electron chi connectivity index (χ1n) is 12.5. The average molecular weight is 507 g/mol. The third-order valence-electron chi connectivity index (χ3n) is 7.11. The van der Waals surface area contributed by atoms with E-state index in [1.165, 1.54) is 6.07 Å². The molecular weight excluding hydrogens is 479 g/mol. The lowest BCUT2D eigenvalue weighted by molar-refractivity contribution is -0.137. The molecule has 2 aliphatic rings. The Hall–Kier alpha value is -3.52. The van der Waals surface area contributed by atoms with Gasteiger partial charge in [0.1, 0.15) is 23.8 Å². The second kappa shape index (κ2) is 9.10. The number of fused-ring (bicyclic) bond motifs is 2. The molecule has 0 bridgehead atoms. The number of aromatic nitrogens is 2. The number of rotatable bonds is 5. The molecule has 4 aromatic rings. The summed E-state index contributed by atoms with van der Waals surface area (Å²) in [4.78, 5) is 4.65. The van der Waals surface area contributed by atoms with Crippen LogP contribution >= 0.6 is 0 Å². The van der Waals surface area contributed by atoms with Gasteiger partial charge in [-0.1, -0.05) is 18.2 Å². The molecule has 8 heteroatoms. The van der Waals surface area contributed by atoms with Crippen LogP contribution in [0.15, 0.2) is 54.6 Å². The molecule has 191 valence electrons. The molecule has 3 heterocycles. The molecular formula is C29H27F3N3O2. The predicted molar refractivity (Wildman–Crippen MR) is 136 cm³/mol. The Balaban J connectivity index is 1.37. The molecule has 0 spiro atoms. The standard InChI is InChI=1S/C29H27F3N3O2/c1-17-13-19-8-10-22(15-27(19)37-17)33-16-20-5-3-6-24(18(20)2)35-25-11-9-21(29(30,31)32)14-23(25)34-28(35)26-7-4-12-36-26/h3,5-6,8-11,13-15,17,26,33H,4,7,12,16H2,1-2H3/t17-,26?/m1/s1. The molecule has 1 unspecified atom stereocenters. The van der Waals surface area contributed by atoms with Crippen LogP contribution in [-0.2, 0) is 17.5 Å². The first kappa shape index (κ1) is 23.9. The van der Waals surface area contributed by atoms with Gasteiger partial charge in [0.25, 0.3) is 0 Å². The summed E-state index contributed by atoms with van der Waals surface area (Å²) in [6, 6.07) is 15.8. The van der Waals surface area contributed by atoms with Crippen LogP contribution in [-0.4, -0.2) is 22.3 Å². The molecule has 2 atom stereocenters. The molecule has 0 saturated carbocycles. The van der Waals surface area contributed by atoms with Gasteiger partial charge >= 0.3 is 6.18 Å². The van der Waals surface area contributed by atoms with Gasteiger partial charge in [0, 0.05) is 36.9 Å². The first-order valence-corrected chi connectivity index (χ1v) is 12.5. The highest BCUT2D eigenvalue weighted by Crippen LogP contribution is 2.37. The van der Waals surface area contributed by atoms with E-state index in [4.69, 9.17) is 9.47 Å². The minimum absolute atomic E-state index is 0.0689. The van der Waals surface area contributed by atoms with Crippen molar-refractivity contribution in [2.24, 2.45) is 0 Å². The van der Waals surface area contributed by atoms with Crippen molar-refractivity contribution in [3.05, 3.63) is 89.1 Å². The number of hydrogen-bond acceptors (Lipinski definition) is 4. The summed E-state index contributed by atoms with van der Waals surface area (Å²) < 4.78 is 53.9. The Bertz CT molecular complexity index is 1470. The van der Waals surface area contributed by atoms with Crippen molar-refractivity contribution in [1.82, 2.24) is 9.55 Å². The van der Waals surface area contributed by atoms with Gasteiger partial charge in [0.15, 0.2) is 0 Å². The number of hydrogen-bond donors (Lipinski definition) is 1. The molecule has 5 nitrogen and oxygen atoms in total. The van der Waals surface area contributed by atoms with Crippen molar-refractivity contribution in [3.63, 3.8) is 0 Å². The molecule has 1 aromatic heterocycles. The number of alkyl halides is 3. The van der Waals surface area contributed by atoms with Gasteiger partial charge in [0.05, 0.1) is 22.3 Å².